The highest BCUT2D eigenvalue weighted by molar-refractivity contribution is 5.18. The number of unbranched alkanes of at least 4 members (excludes halogenated alkanes) is 2. The molecule has 3 aliphatic rings. The van der Waals surface area contributed by atoms with Crippen molar-refractivity contribution in [3.63, 3.8) is 0 Å². The third-order valence-electron chi connectivity index (χ3n) is 7.78. The van der Waals surface area contributed by atoms with Crippen LogP contribution in [-0.2, 0) is 0 Å². The molecule has 2 aliphatic carbocycles. The van der Waals surface area contributed by atoms with Gasteiger partial charge in [-0.2, -0.15) is 0 Å². The molecule has 0 aromatic heterocycles. The van der Waals surface area contributed by atoms with Crippen molar-refractivity contribution in [2.75, 3.05) is 39.8 Å². The van der Waals surface area contributed by atoms with Crippen molar-refractivity contribution in [1.82, 2.24) is 9.80 Å². The summed E-state index contributed by atoms with van der Waals surface area (Å²) in [7, 11) is 2.21. The first kappa shape index (κ1) is 24.5. The molecule has 0 unspecified atom stereocenters. The number of hydrogen-bond donors (Lipinski definition) is 2. The van der Waals surface area contributed by atoms with Crippen molar-refractivity contribution >= 4 is 0 Å². The van der Waals surface area contributed by atoms with Crippen LogP contribution in [0.15, 0.2) is 23.8 Å². The molecule has 0 radical (unpaired) electrons. The zero-order valence-corrected chi connectivity index (χ0v) is 20.0. The van der Waals surface area contributed by atoms with Crippen LogP contribution >= 0.6 is 0 Å². The van der Waals surface area contributed by atoms with Gasteiger partial charge in [0.1, 0.15) is 0 Å². The molecule has 31 heavy (non-hydrogen) atoms. The highest BCUT2D eigenvalue weighted by atomic mass is 16.3. The summed E-state index contributed by atoms with van der Waals surface area (Å²) >= 11 is 0. The molecule has 0 aromatic carbocycles. The van der Waals surface area contributed by atoms with Crippen molar-refractivity contribution in [1.29, 1.82) is 0 Å². The summed E-state index contributed by atoms with van der Waals surface area (Å²) in [5, 5.41) is 21.0. The third-order valence-corrected chi connectivity index (χ3v) is 7.78. The van der Waals surface area contributed by atoms with Gasteiger partial charge in [-0.05, 0) is 76.8 Å². The Labute approximate surface area is 190 Å². The van der Waals surface area contributed by atoms with E-state index in [2.05, 4.69) is 40.8 Å². The van der Waals surface area contributed by atoms with E-state index in [4.69, 9.17) is 0 Å². The predicted molar refractivity (Wildman–Crippen MR) is 129 cm³/mol. The van der Waals surface area contributed by atoms with Gasteiger partial charge in [0.15, 0.2) is 0 Å². The van der Waals surface area contributed by atoms with Gasteiger partial charge >= 0.3 is 0 Å². The molecule has 1 heterocycles. The molecule has 4 heteroatoms. The fourth-order valence-electron chi connectivity index (χ4n) is 5.61. The average molecular weight is 429 g/mol. The molecular weight excluding hydrogens is 384 g/mol. The lowest BCUT2D eigenvalue weighted by molar-refractivity contribution is 0.137. The first-order valence-corrected chi connectivity index (χ1v) is 12.5. The highest BCUT2D eigenvalue weighted by Crippen LogP contribution is 2.50. The lowest BCUT2D eigenvalue weighted by Crippen LogP contribution is -2.44. The number of piperazine rings is 1. The largest absolute Gasteiger partial charge is 0.392 e. The van der Waals surface area contributed by atoms with Gasteiger partial charge in [0.25, 0.3) is 0 Å². The summed E-state index contributed by atoms with van der Waals surface area (Å²) in [5.74, 6) is 7.42. The SMILES string of the molecule is CC#CC[C@@H](C)[C@H](O)C=C[C@@H]1[C@H]2CC(=CCCCCN3CCN(C)CC3)C[C@H]2C[C@H]1O. The van der Waals surface area contributed by atoms with Crippen molar-refractivity contribution in [3.05, 3.63) is 23.8 Å². The van der Waals surface area contributed by atoms with E-state index in [1.165, 1.54) is 52.0 Å². The van der Waals surface area contributed by atoms with Crippen molar-refractivity contribution < 1.29 is 10.2 Å². The van der Waals surface area contributed by atoms with Gasteiger partial charge in [0.2, 0.25) is 0 Å². The molecule has 174 valence electrons. The maximum atomic E-state index is 10.6. The van der Waals surface area contributed by atoms with Gasteiger partial charge in [-0.3, -0.25) is 0 Å². The van der Waals surface area contributed by atoms with Crippen molar-refractivity contribution in [2.45, 2.75) is 71.0 Å². The molecule has 4 nitrogen and oxygen atoms in total. The minimum Gasteiger partial charge on any atom is -0.392 e. The quantitative estimate of drug-likeness (QED) is 0.334. The van der Waals surface area contributed by atoms with Crippen LogP contribution in [0.3, 0.4) is 0 Å². The molecule has 1 aliphatic heterocycles. The number of allylic oxidation sites excluding steroid dienone is 2. The van der Waals surface area contributed by atoms with Gasteiger partial charge in [-0.25, -0.2) is 0 Å². The maximum absolute atomic E-state index is 10.6. The molecule has 2 N–H and O–H groups in total. The fourth-order valence-corrected chi connectivity index (χ4v) is 5.61. The molecular formula is C27H44N2O2. The summed E-state index contributed by atoms with van der Waals surface area (Å²) in [5.41, 5.74) is 1.60. The standard InChI is InChI=1S/C27H44N2O2/c1-4-5-9-21(2)26(30)12-11-24-25-19-22(18-23(25)20-27(24)31)10-7-6-8-13-29-16-14-28(3)15-17-29/h10-12,21,23-27,30-31H,6-9,13-20H2,1-3H3/t21-,23+,24-,25+,26-,27-/m1/s1. The molecule has 0 spiro atoms. The van der Waals surface area contributed by atoms with Gasteiger partial charge < -0.3 is 20.0 Å². The van der Waals surface area contributed by atoms with E-state index in [1.54, 1.807) is 5.57 Å². The van der Waals surface area contributed by atoms with Crippen LogP contribution in [0, 0.1) is 35.5 Å². The molecule has 0 bridgehead atoms. The summed E-state index contributed by atoms with van der Waals surface area (Å²) < 4.78 is 0. The first-order valence-electron chi connectivity index (χ1n) is 12.5. The van der Waals surface area contributed by atoms with E-state index in [0.717, 1.165) is 19.3 Å². The summed E-state index contributed by atoms with van der Waals surface area (Å²) in [6.45, 7) is 9.96. The molecule has 1 saturated heterocycles. The van der Waals surface area contributed by atoms with Gasteiger partial charge in [0, 0.05) is 38.5 Å². The van der Waals surface area contributed by atoms with E-state index in [1.807, 2.05) is 19.9 Å². The van der Waals surface area contributed by atoms with Gasteiger partial charge in [-0.15, -0.1) is 11.8 Å². The normalized spacial score (nSPS) is 32.9. The van der Waals surface area contributed by atoms with E-state index >= 15 is 0 Å². The second-order valence-corrected chi connectivity index (χ2v) is 10.2. The monoisotopic (exact) mass is 428 g/mol. The fraction of sp³-hybridized carbons (Fsp3) is 0.778. The number of rotatable bonds is 9. The molecule has 2 saturated carbocycles. The number of aliphatic hydroxyl groups excluding tert-OH is 2. The van der Waals surface area contributed by atoms with Crippen LogP contribution in [0.1, 0.15) is 58.8 Å². The Morgan fingerprint density at radius 3 is 2.68 bits per heavy atom. The Kier molecular flexibility index (Phi) is 9.66. The summed E-state index contributed by atoms with van der Waals surface area (Å²) in [6, 6.07) is 0. The molecule has 3 rings (SSSR count). The predicted octanol–water partition coefficient (Wildman–Crippen LogP) is 3.70. The topological polar surface area (TPSA) is 46.9 Å². The van der Waals surface area contributed by atoms with E-state index in [0.29, 0.717) is 18.3 Å². The lowest BCUT2D eigenvalue weighted by Gasteiger charge is -2.32. The zero-order valence-electron chi connectivity index (χ0n) is 20.0. The number of fused-ring (bicyclic) bond motifs is 1. The maximum Gasteiger partial charge on any atom is 0.0755 e. The van der Waals surface area contributed by atoms with Crippen LogP contribution in [0.4, 0.5) is 0 Å². The number of hydrogen-bond acceptors (Lipinski definition) is 4. The Morgan fingerprint density at radius 2 is 1.94 bits per heavy atom. The molecule has 0 amide bonds. The second-order valence-electron chi connectivity index (χ2n) is 10.2. The van der Waals surface area contributed by atoms with Crippen molar-refractivity contribution in [2.24, 2.45) is 23.7 Å². The minimum atomic E-state index is -0.483. The minimum absolute atomic E-state index is 0.128. The van der Waals surface area contributed by atoms with E-state index in [9.17, 15) is 10.2 Å². The Morgan fingerprint density at radius 1 is 1.16 bits per heavy atom. The first-order chi connectivity index (χ1) is 15.0. The average Bonchev–Trinajstić information content (AvgIpc) is 3.27. The summed E-state index contributed by atoms with van der Waals surface area (Å²) in [6.07, 6.45) is 13.5. The summed E-state index contributed by atoms with van der Waals surface area (Å²) in [4.78, 5) is 5.02. The van der Waals surface area contributed by atoms with Crippen LogP contribution < -0.4 is 0 Å². The van der Waals surface area contributed by atoms with Crippen molar-refractivity contribution in [3.8, 4) is 11.8 Å². The van der Waals surface area contributed by atoms with Crippen LogP contribution in [0.2, 0.25) is 0 Å². The Balaban J connectivity index is 1.40. The molecule has 0 aromatic rings. The molecule has 3 fully saturated rings. The number of nitrogens with zero attached hydrogens (tertiary/aromatic N) is 2. The Hall–Kier alpha value is -1.12. The van der Waals surface area contributed by atoms with Crippen LogP contribution in [0.25, 0.3) is 0 Å². The molecule has 6 atom stereocenters. The zero-order chi connectivity index (χ0) is 22.2. The van der Waals surface area contributed by atoms with Crippen LogP contribution in [-0.4, -0.2) is 72.0 Å². The van der Waals surface area contributed by atoms with E-state index < -0.39 is 6.10 Å². The van der Waals surface area contributed by atoms with Gasteiger partial charge in [0.05, 0.1) is 12.2 Å². The highest BCUT2D eigenvalue weighted by Gasteiger charge is 2.44. The third kappa shape index (κ3) is 7.19. The smallest absolute Gasteiger partial charge is 0.0755 e. The van der Waals surface area contributed by atoms with Gasteiger partial charge in [-0.1, -0.05) is 30.7 Å². The Bertz CT molecular complexity index is 668. The second kappa shape index (κ2) is 12.2. The number of aliphatic hydroxyl groups is 2. The van der Waals surface area contributed by atoms with E-state index in [-0.39, 0.29) is 17.9 Å². The van der Waals surface area contributed by atoms with Crippen LogP contribution in [0.5, 0.6) is 0 Å². The number of likely N-dealkylation sites (N-methyl/N-ethyl adjacent to an activating group) is 1. The lowest BCUT2D eigenvalue weighted by atomic mass is 9.89.